The van der Waals surface area contributed by atoms with Crippen molar-refractivity contribution in [3.05, 3.63) is 65.5 Å². The van der Waals surface area contributed by atoms with E-state index in [2.05, 4.69) is 29.2 Å². The fourth-order valence-electron chi connectivity index (χ4n) is 3.67. The van der Waals surface area contributed by atoms with Gasteiger partial charge in [0.2, 0.25) is 5.91 Å². The second-order valence-electron chi connectivity index (χ2n) is 7.78. The zero-order chi connectivity index (χ0) is 19.9. The van der Waals surface area contributed by atoms with E-state index in [0.29, 0.717) is 12.3 Å². The minimum Gasteiger partial charge on any atom is -0.349 e. The minimum atomic E-state index is 0.109. The third-order valence-corrected chi connectivity index (χ3v) is 5.50. The SMILES string of the molecule is CN(C)C(=O)CCc1ccc(CC2CCN(C(=O)c3ccncc3)CC2)cc1. The summed E-state index contributed by atoms with van der Waals surface area (Å²) in [5.74, 6) is 0.886. The summed E-state index contributed by atoms with van der Waals surface area (Å²) in [5, 5.41) is 0. The third-order valence-electron chi connectivity index (χ3n) is 5.50. The number of pyridine rings is 1. The molecule has 28 heavy (non-hydrogen) atoms. The van der Waals surface area contributed by atoms with Crippen LogP contribution < -0.4 is 0 Å². The maximum absolute atomic E-state index is 12.5. The van der Waals surface area contributed by atoms with Crippen LogP contribution in [0, 0.1) is 5.92 Å². The van der Waals surface area contributed by atoms with E-state index in [0.717, 1.165) is 44.3 Å². The van der Waals surface area contributed by atoms with Gasteiger partial charge in [0.15, 0.2) is 0 Å². The average molecular weight is 380 g/mol. The molecule has 3 rings (SSSR count). The van der Waals surface area contributed by atoms with Crippen molar-refractivity contribution in [2.24, 2.45) is 5.92 Å². The fraction of sp³-hybridized carbons (Fsp3) is 0.435. The van der Waals surface area contributed by atoms with Crippen LogP contribution in [0.1, 0.15) is 40.7 Å². The highest BCUT2D eigenvalue weighted by Crippen LogP contribution is 2.23. The maximum Gasteiger partial charge on any atom is 0.253 e. The Labute approximate surface area is 167 Å². The molecule has 1 aromatic carbocycles. The van der Waals surface area contributed by atoms with Gasteiger partial charge in [-0.2, -0.15) is 0 Å². The number of rotatable bonds is 6. The minimum absolute atomic E-state index is 0.109. The van der Waals surface area contributed by atoms with Crippen molar-refractivity contribution in [3.8, 4) is 0 Å². The number of carbonyl (C=O) groups excluding carboxylic acids is 2. The van der Waals surface area contributed by atoms with E-state index in [4.69, 9.17) is 0 Å². The Bertz CT molecular complexity index is 779. The van der Waals surface area contributed by atoms with Gasteiger partial charge >= 0.3 is 0 Å². The summed E-state index contributed by atoms with van der Waals surface area (Å²) >= 11 is 0. The number of benzene rings is 1. The molecule has 0 bridgehead atoms. The lowest BCUT2D eigenvalue weighted by Gasteiger charge is -2.32. The molecule has 1 aliphatic heterocycles. The largest absolute Gasteiger partial charge is 0.349 e. The van der Waals surface area contributed by atoms with E-state index < -0.39 is 0 Å². The van der Waals surface area contributed by atoms with E-state index in [1.54, 1.807) is 43.5 Å². The van der Waals surface area contributed by atoms with Gasteiger partial charge in [0.25, 0.3) is 5.91 Å². The first-order valence-electron chi connectivity index (χ1n) is 10.00. The van der Waals surface area contributed by atoms with Crippen LogP contribution in [0.25, 0.3) is 0 Å². The number of amides is 2. The van der Waals surface area contributed by atoms with Crippen LogP contribution in [-0.4, -0.2) is 53.8 Å². The van der Waals surface area contributed by atoms with Crippen LogP contribution in [-0.2, 0) is 17.6 Å². The second kappa shape index (κ2) is 9.49. The van der Waals surface area contributed by atoms with Gasteiger partial charge in [0.05, 0.1) is 0 Å². The van der Waals surface area contributed by atoms with Crippen LogP contribution in [0.15, 0.2) is 48.8 Å². The Hall–Kier alpha value is -2.69. The molecule has 5 nitrogen and oxygen atoms in total. The highest BCUT2D eigenvalue weighted by Gasteiger charge is 2.23. The molecule has 0 aliphatic carbocycles. The lowest BCUT2D eigenvalue weighted by atomic mass is 9.89. The van der Waals surface area contributed by atoms with Gasteiger partial charge in [0, 0.05) is 51.6 Å². The zero-order valence-electron chi connectivity index (χ0n) is 16.8. The number of aryl methyl sites for hydroxylation is 1. The zero-order valence-corrected chi connectivity index (χ0v) is 16.8. The fourth-order valence-corrected chi connectivity index (χ4v) is 3.67. The quantitative estimate of drug-likeness (QED) is 0.774. The van der Waals surface area contributed by atoms with E-state index >= 15 is 0 Å². The van der Waals surface area contributed by atoms with E-state index in [9.17, 15) is 9.59 Å². The molecule has 1 aromatic heterocycles. The average Bonchev–Trinajstić information content (AvgIpc) is 2.73. The predicted octanol–water partition coefficient (Wildman–Crippen LogP) is 3.20. The lowest BCUT2D eigenvalue weighted by Crippen LogP contribution is -2.38. The molecule has 0 spiro atoms. The number of nitrogens with zero attached hydrogens (tertiary/aromatic N) is 3. The molecule has 1 saturated heterocycles. The maximum atomic E-state index is 12.5. The van der Waals surface area contributed by atoms with Crippen molar-refractivity contribution < 1.29 is 9.59 Å². The summed E-state index contributed by atoms with van der Waals surface area (Å²) in [7, 11) is 3.59. The molecule has 2 amide bonds. The Kier molecular flexibility index (Phi) is 6.80. The summed E-state index contributed by atoms with van der Waals surface area (Å²) in [6.45, 7) is 1.63. The lowest BCUT2D eigenvalue weighted by molar-refractivity contribution is -0.128. The molecule has 1 fully saturated rings. The normalized spacial score (nSPS) is 14.7. The molecule has 0 N–H and O–H groups in total. The van der Waals surface area contributed by atoms with Crippen molar-refractivity contribution in [2.75, 3.05) is 27.2 Å². The second-order valence-corrected chi connectivity index (χ2v) is 7.78. The van der Waals surface area contributed by atoms with E-state index in [1.807, 2.05) is 4.90 Å². The molecule has 148 valence electrons. The van der Waals surface area contributed by atoms with E-state index in [-0.39, 0.29) is 11.8 Å². The Morgan fingerprint density at radius 1 is 1.00 bits per heavy atom. The molecule has 0 atom stereocenters. The molecule has 0 saturated carbocycles. The highest BCUT2D eigenvalue weighted by molar-refractivity contribution is 5.94. The van der Waals surface area contributed by atoms with Gasteiger partial charge in [-0.1, -0.05) is 24.3 Å². The summed E-state index contributed by atoms with van der Waals surface area (Å²) in [6, 6.07) is 12.2. The van der Waals surface area contributed by atoms with Gasteiger partial charge in [-0.25, -0.2) is 0 Å². The number of carbonyl (C=O) groups is 2. The van der Waals surface area contributed by atoms with Crippen LogP contribution in [0.3, 0.4) is 0 Å². The van der Waals surface area contributed by atoms with Gasteiger partial charge in [0.1, 0.15) is 0 Å². The smallest absolute Gasteiger partial charge is 0.253 e. The topological polar surface area (TPSA) is 53.5 Å². The first-order valence-corrected chi connectivity index (χ1v) is 10.00. The number of hydrogen-bond donors (Lipinski definition) is 0. The molecular formula is C23H29N3O2. The first kappa shape index (κ1) is 20.1. The Balaban J connectivity index is 1.45. The Morgan fingerprint density at radius 2 is 1.61 bits per heavy atom. The van der Waals surface area contributed by atoms with Gasteiger partial charge < -0.3 is 9.80 Å². The van der Waals surface area contributed by atoms with Crippen LogP contribution in [0.2, 0.25) is 0 Å². The predicted molar refractivity (Wildman–Crippen MR) is 110 cm³/mol. The van der Waals surface area contributed by atoms with Crippen molar-refractivity contribution in [1.29, 1.82) is 0 Å². The number of hydrogen-bond acceptors (Lipinski definition) is 3. The van der Waals surface area contributed by atoms with Crippen LogP contribution in [0.5, 0.6) is 0 Å². The molecule has 0 radical (unpaired) electrons. The monoisotopic (exact) mass is 379 g/mol. The molecular weight excluding hydrogens is 350 g/mol. The summed E-state index contributed by atoms with van der Waals surface area (Å²) < 4.78 is 0. The number of piperidine rings is 1. The first-order chi connectivity index (χ1) is 13.5. The number of aromatic nitrogens is 1. The molecule has 2 aromatic rings. The highest BCUT2D eigenvalue weighted by atomic mass is 16.2. The molecule has 1 aliphatic rings. The van der Waals surface area contributed by atoms with Gasteiger partial charge in [-0.05, 0) is 54.9 Å². The molecule has 2 heterocycles. The summed E-state index contributed by atoms with van der Waals surface area (Å²) in [6.07, 6.45) is 7.79. The standard InChI is InChI=1S/C23H29N3O2/c1-25(2)22(27)8-7-18-3-5-19(6-4-18)17-20-11-15-26(16-12-20)23(28)21-9-13-24-14-10-21/h3-6,9-10,13-14,20H,7-8,11-12,15-17H2,1-2H3. The van der Waals surface area contributed by atoms with Crippen molar-refractivity contribution in [2.45, 2.75) is 32.1 Å². The molecule has 0 unspecified atom stereocenters. The van der Waals surface area contributed by atoms with Crippen molar-refractivity contribution in [3.63, 3.8) is 0 Å². The van der Waals surface area contributed by atoms with Crippen LogP contribution >= 0.6 is 0 Å². The molecule has 5 heteroatoms. The van der Waals surface area contributed by atoms with Crippen LogP contribution in [0.4, 0.5) is 0 Å². The Morgan fingerprint density at radius 3 is 2.21 bits per heavy atom. The van der Waals surface area contributed by atoms with Crippen molar-refractivity contribution in [1.82, 2.24) is 14.8 Å². The third kappa shape index (κ3) is 5.41. The summed E-state index contributed by atoms with van der Waals surface area (Å²) in [5.41, 5.74) is 3.26. The van der Waals surface area contributed by atoms with Gasteiger partial charge in [-0.3, -0.25) is 14.6 Å². The van der Waals surface area contributed by atoms with Crippen molar-refractivity contribution >= 4 is 11.8 Å². The number of likely N-dealkylation sites (tertiary alicyclic amines) is 1. The summed E-state index contributed by atoms with van der Waals surface area (Å²) in [4.78, 5) is 31.8. The van der Waals surface area contributed by atoms with Gasteiger partial charge in [-0.15, -0.1) is 0 Å². The van der Waals surface area contributed by atoms with E-state index in [1.165, 1.54) is 11.1 Å².